The maximum atomic E-state index is 6.02. The Hall–Kier alpha value is -3.45. The summed E-state index contributed by atoms with van der Waals surface area (Å²) in [5.74, 6) is 2.23. The van der Waals surface area contributed by atoms with Crippen molar-refractivity contribution in [2.24, 2.45) is 0 Å². The van der Waals surface area contributed by atoms with E-state index in [4.69, 9.17) is 4.74 Å². The molecule has 0 amide bonds. The Bertz CT molecular complexity index is 1140. The number of H-pyrrole nitrogens is 1. The van der Waals surface area contributed by atoms with Crippen molar-refractivity contribution >= 4 is 22.4 Å². The van der Waals surface area contributed by atoms with Gasteiger partial charge in [0, 0.05) is 28.9 Å². The summed E-state index contributed by atoms with van der Waals surface area (Å²) in [6.45, 7) is 1.76. The Morgan fingerprint density at radius 3 is 3.03 bits per heavy atom. The number of anilines is 2. The molecule has 30 heavy (non-hydrogen) atoms. The Morgan fingerprint density at radius 2 is 2.10 bits per heavy atom. The van der Waals surface area contributed by atoms with Gasteiger partial charge in [0.1, 0.15) is 18.2 Å². The van der Waals surface area contributed by atoms with E-state index in [1.54, 1.807) is 12.4 Å². The number of hydrogen-bond donors (Lipinski definition) is 3. The van der Waals surface area contributed by atoms with Crippen LogP contribution in [0.1, 0.15) is 19.3 Å². The molecule has 1 aliphatic rings. The summed E-state index contributed by atoms with van der Waals surface area (Å²) in [4.78, 5) is 9.13. The molecule has 4 aromatic rings. The molecular formula is C23H24N6O. The molecule has 1 saturated heterocycles. The Labute approximate surface area is 174 Å². The van der Waals surface area contributed by atoms with Gasteiger partial charge in [-0.3, -0.25) is 5.10 Å². The van der Waals surface area contributed by atoms with Crippen LogP contribution in [0.3, 0.4) is 0 Å². The van der Waals surface area contributed by atoms with E-state index in [9.17, 15) is 0 Å². The zero-order valence-electron chi connectivity index (χ0n) is 16.6. The van der Waals surface area contributed by atoms with Crippen LogP contribution in [0.5, 0.6) is 5.75 Å². The summed E-state index contributed by atoms with van der Waals surface area (Å²) in [6, 6.07) is 16.3. The smallest absolute Gasteiger partial charge is 0.161 e. The first-order valence-electron chi connectivity index (χ1n) is 10.3. The zero-order valence-corrected chi connectivity index (χ0v) is 16.6. The Balaban J connectivity index is 1.30. The minimum absolute atomic E-state index is 0.429. The fourth-order valence-electron chi connectivity index (χ4n) is 3.72. The molecule has 1 unspecified atom stereocenters. The third-order valence-electron chi connectivity index (χ3n) is 5.32. The molecule has 7 heteroatoms. The lowest BCUT2D eigenvalue weighted by atomic mass is 10.1. The highest BCUT2D eigenvalue weighted by molar-refractivity contribution is 5.82. The zero-order chi connectivity index (χ0) is 20.2. The lowest BCUT2D eigenvalue weighted by Gasteiger charge is -2.23. The Morgan fingerprint density at radius 1 is 1.10 bits per heavy atom. The maximum Gasteiger partial charge on any atom is 0.161 e. The van der Waals surface area contributed by atoms with Crippen LogP contribution in [-0.4, -0.2) is 39.4 Å². The third-order valence-corrected chi connectivity index (χ3v) is 5.32. The molecule has 1 fully saturated rings. The van der Waals surface area contributed by atoms with Crippen molar-refractivity contribution in [3.05, 3.63) is 60.9 Å². The van der Waals surface area contributed by atoms with Crippen molar-refractivity contribution in [1.82, 2.24) is 25.5 Å². The van der Waals surface area contributed by atoms with Gasteiger partial charge in [0.05, 0.1) is 11.7 Å². The highest BCUT2D eigenvalue weighted by atomic mass is 16.5. The van der Waals surface area contributed by atoms with Crippen LogP contribution in [0.4, 0.5) is 11.5 Å². The van der Waals surface area contributed by atoms with Gasteiger partial charge in [-0.05, 0) is 55.8 Å². The quantitative estimate of drug-likeness (QED) is 0.448. The highest BCUT2D eigenvalue weighted by Crippen LogP contribution is 2.24. The van der Waals surface area contributed by atoms with Crippen LogP contribution in [-0.2, 0) is 0 Å². The maximum absolute atomic E-state index is 6.02. The monoisotopic (exact) mass is 400 g/mol. The molecule has 3 N–H and O–H groups in total. The average molecular weight is 400 g/mol. The number of aromatic amines is 1. The van der Waals surface area contributed by atoms with E-state index < -0.39 is 0 Å². The normalized spacial score (nSPS) is 16.5. The van der Waals surface area contributed by atoms with Crippen molar-refractivity contribution in [3.63, 3.8) is 0 Å². The molecule has 5 rings (SSSR count). The van der Waals surface area contributed by atoms with Crippen molar-refractivity contribution in [3.8, 4) is 17.1 Å². The minimum atomic E-state index is 0.429. The molecule has 1 aliphatic heterocycles. The van der Waals surface area contributed by atoms with Crippen LogP contribution < -0.4 is 15.4 Å². The molecular weight excluding hydrogens is 376 g/mol. The van der Waals surface area contributed by atoms with Gasteiger partial charge in [0.25, 0.3) is 0 Å². The minimum Gasteiger partial charge on any atom is -0.492 e. The number of hydrogen-bond acceptors (Lipinski definition) is 6. The number of ether oxygens (including phenoxy) is 1. The van der Waals surface area contributed by atoms with Crippen molar-refractivity contribution in [2.75, 3.05) is 18.5 Å². The molecule has 0 saturated carbocycles. The molecule has 0 spiro atoms. The van der Waals surface area contributed by atoms with Gasteiger partial charge in [-0.1, -0.05) is 18.6 Å². The molecule has 2 aromatic carbocycles. The second kappa shape index (κ2) is 8.51. The topological polar surface area (TPSA) is 87.8 Å². The fourth-order valence-corrected chi connectivity index (χ4v) is 3.72. The summed E-state index contributed by atoms with van der Waals surface area (Å²) in [7, 11) is 0. The standard InChI is InChI=1S/C23H24N6O/c1-2-10-24-19(5-1)15-30-20-6-3-4-16(13-20)23-25-11-9-22(28-23)27-18-7-8-21-17(12-18)14-26-29-21/h3-4,6-9,11-14,19,24H,1-2,5,10,15H2,(H,26,29)(H,25,27,28). The van der Waals surface area contributed by atoms with Gasteiger partial charge in [-0.2, -0.15) is 5.10 Å². The number of piperidine rings is 1. The predicted octanol–water partition coefficient (Wildman–Crippen LogP) is 4.28. The second-order valence-corrected chi connectivity index (χ2v) is 7.55. The summed E-state index contributed by atoms with van der Waals surface area (Å²) in [5, 5.41) is 14.9. The third kappa shape index (κ3) is 4.26. The average Bonchev–Trinajstić information content (AvgIpc) is 3.27. The van der Waals surface area contributed by atoms with Crippen molar-refractivity contribution in [1.29, 1.82) is 0 Å². The summed E-state index contributed by atoms with van der Waals surface area (Å²) < 4.78 is 6.02. The van der Waals surface area contributed by atoms with E-state index in [0.29, 0.717) is 18.5 Å². The molecule has 7 nitrogen and oxygen atoms in total. The lowest BCUT2D eigenvalue weighted by Crippen LogP contribution is -2.38. The van der Waals surface area contributed by atoms with Crippen LogP contribution in [0.25, 0.3) is 22.3 Å². The van der Waals surface area contributed by atoms with Crippen LogP contribution in [0, 0.1) is 0 Å². The van der Waals surface area contributed by atoms with Crippen LogP contribution in [0.2, 0.25) is 0 Å². The van der Waals surface area contributed by atoms with E-state index in [1.165, 1.54) is 19.3 Å². The van der Waals surface area contributed by atoms with Crippen molar-refractivity contribution in [2.45, 2.75) is 25.3 Å². The molecule has 152 valence electrons. The lowest BCUT2D eigenvalue weighted by molar-refractivity contribution is 0.239. The first-order chi connectivity index (χ1) is 14.8. The highest BCUT2D eigenvalue weighted by Gasteiger charge is 2.13. The molecule has 3 heterocycles. The number of aromatic nitrogens is 4. The van der Waals surface area contributed by atoms with Gasteiger partial charge in [-0.25, -0.2) is 9.97 Å². The van der Waals surface area contributed by atoms with E-state index >= 15 is 0 Å². The van der Waals surface area contributed by atoms with Crippen LogP contribution >= 0.6 is 0 Å². The molecule has 0 bridgehead atoms. The number of fused-ring (bicyclic) bond motifs is 1. The van der Waals surface area contributed by atoms with Gasteiger partial charge < -0.3 is 15.4 Å². The van der Waals surface area contributed by atoms with Gasteiger partial charge in [0.15, 0.2) is 5.82 Å². The number of rotatable bonds is 6. The number of nitrogens with one attached hydrogen (secondary N) is 3. The molecule has 1 atom stereocenters. The first kappa shape index (κ1) is 18.6. The van der Waals surface area contributed by atoms with Crippen LogP contribution in [0.15, 0.2) is 60.9 Å². The van der Waals surface area contributed by atoms with Gasteiger partial charge in [-0.15, -0.1) is 0 Å². The number of nitrogens with zero attached hydrogens (tertiary/aromatic N) is 3. The Kier molecular flexibility index (Phi) is 5.26. The largest absolute Gasteiger partial charge is 0.492 e. The number of benzene rings is 2. The van der Waals surface area contributed by atoms with Gasteiger partial charge >= 0.3 is 0 Å². The fraction of sp³-hybridized carbons (Fsp3) is 0.261. The van der Waals surface area contributed by atoms with Gasteiger partial charge in [0.2, 0.25) is 0 Å². The van der Waals surface area contributed by atoms with E-state index in [2.05, 4.69) is 30.8 Å². The molecule has 2 aromatic heterocycles. The van der Waals surface area contributed by atoms with E-state index in [1.807, 2.05) is 48.5 Å². The first-order valence-corrected chi connectivity index (χ1v) is 10.3. The van der Waals surface area contributed by atoms with Crippen molar-refractivity contribution < 1.29 is 4.74 Å². The summed E-state index contributed by atoms with van der Waals surface area (Å²) >= 11 is 0. The predicted molar refractivity (Wildman–Crippen MR) is 118 cm³/mol. The second-order valence-electron chi connectivity index (χ2n) is 7.55. The van der Waals surface area contributed by atoms with E-state index in [0.717, 1.165) is 40.3 Å². The SMILES string of the molecule is c1cc(OCC2CCCCN2)cc(-c2nccc(Nc3ccc4[nH]ncc4c3)n2)c1. The summed E-state index contributed by atoms with van der Waals surface area (Å²) in [6.07, 6.45) is 7.26. The summed E-state index contributed by atoms with van der Waals surface area (Å²) in [5.41, 5.74) is 2.88. The molecule has 0 aliphatic carbocycles. The molecule has 0 radical (unpaired) electrons. The van der Waals surface area contributed by atoms with E-state index in [-0.39, 0.29) is 0 Å².